The summed E-state index contributed by atoms with van der Waals surface area (Å²) in [4.78, 5) is 5.91. The van der Waals surface area contributed by atoms with Gasteiger partial charge in [-0.25, -0.2) is 0 Å². The number of rotatable bonds is 7. The monoisotopic (exact) mass is 425 g/mol. The van der Waals surface area contributed by atoms with Crippen LogP contribution in [0.4, 0.5) is 0 Å². The van der Waals surface area contributed by atoms with Crippen molar-refractivity contribution in [3.63, 3.8) is 0 Å². The van der Waals surface area contributed by atoms with E-state index in [2.05, 4.69) is 62.2 Å². The summed E-state index contributed by atoms with van der Waals surface area (Å²) in [6.45, 7) is 2.93. The molecule has 5 rings (SSSR count). The average Bonchev–Trinajstić information content (AvgIpc) is 3.50. The Morgan fingerprint density at radius 3 is 2.97 bits per heavy atom. The number of ether oxygens (including phenoxy) is 1. The van der Waals surface area contributed by atoms with E-state index in [0.717, 1.165) is 53.8 Å². The van der Waals surface area contributed by atoms with Crippen molar-refractivity contribution in [2.75, 3.05) is 26.0 Å². The molecule has 2 aromatic heterocycles. The van der Waals surface area contributed by atoms with Gasteiger partial charge in [0.25, 0.3) is 0 Å². The van der Waals surface area contributed by atoms with Gasteiger partial charge in [-0.2, -0.15) is 0 Å². The van der Waals surface area contributed by atoms with Gasteiger partial charge in [0, 0.05) is 41.1 Å². The van der Waals surface area contributed by atoms with Crippen molar-refractivity contribution in [1.82, 2.24) is 24.6 Å². The fourth-order valence-electron chi connectivity index (χ4n) is 4.80. The first-order valence-electron chi connectivity index (χ1n) is 11.2. The third kappa shape index (κ3) is 4.15. The average molecular weight is 426 g/mol. The summed E-state index contributed by atoms with van der Waals surface area (Å²) in [5.74, 6) is 2.02. The number of fused-ring (bicyclic) bond motifs is 1. The molecule has 1 N–H and O–H groups in total. The standard InChI is InChI=1S/C23H31N5OS/c1-27-12-5-4-7-17(27)11-14-30-23-26-25-22(28(23)16-18-8-6-13-29-18)20-15-24-21-10-3-2-9-19(20)21/h2-3,9-10,15,17-18,24H,4-8,11-14,16H2,1H3. The molecule has 0 saturated carbocycles. The second kappa shape index (κ2) is 9.12. The van der Waals surface area contributed by atoms with Crippen LogP contribution in [-0.4, -0.2) is 62.7 Å². The number of likely N-dealkylation sites (tertiary alicyclic amines) is 1. The maximum atomic E-state index is 5.95. The molecule has 3 aromatic rings. The molecule has 2 aliphatic heterocycles. The first-order chi connectivity index (χ1) is 14.8. The summed E-state index contributed by atoms with van der Waals surface area (Å²) in [6.07, 6.45) is 9.80. The molecule has 0 amide bonds. The van der Waals surface area contributed by atoms with E-state index in [1.807, 2.05) is 11.8 Å². The van der Waals surface area contributed by atoms with Crippen molar-refractivity contribution in [2.45, 2.75) is 62.4 Å². The minimum atomic E-state index is 0.258. The second-order valence-corrected chi connectivity index (χ2v) is 9.63. The van der Waals surface area contributed by atoms with Crippen LogP contribution in [0.15, 0.2) is 35.6 Å². The van der Waals surface area contributed by atoms with E-state index in [4.69, 9.17) is 4.74 Å². The highest BCUT2D eigenvalue weighted by Gasteiger charge is 2.24. The first kappa shape index (κ1) is 20.1. The van der Waals surface area contributed by atoms with Crippen molar-refractivity contribution in [3.8, 4) is 11.4 Å². The molecule has 2 atom stereocenters. The number of nitrogens with zero attached hydrogens (tertiary/aromatic N) is 4. The van der Waals surface area contributed by atoms with Gasteiger partial charge in [-0.15, -0.1) is 10.2 Å². The zero-order chi connectivity index (χ0) is 20.3. The van der Waals surface area contributed by atoms with Crippen LogP contribution in [0.25, 0.3) is 22.3 Å². The van der Waals surface area contributed by atoms with Crippen molar-refractivity contribution >= 4 is 22.7 Å². The molecule has 30 heavy (non-hydrogen) atoms. The van der Waals surface area contributed by atoms with Gasteiger partial charge < -0.3 is 14.6 Å². The van der Waals surface area contributed by atoms with E-state index >= 15 is 0 Å². The number of H-pyrrole nitrogens is 1. The quantitative estimate of drug-likeness (QED) is 0.562. The molecule has 4 heterocycles. The Morgan fingerprint density at radius 2 is 2.10 bits per heavy atom. The van der Waals surface area contributed by atoms with E-state index in [-0.39, 0.29) is 6.10 Å². The lowest BCUT2D eigenvalue weighted by Gasteiger charge is -2.32. The molecule has 0 aliphatic carbocycles. The number of piperidine rings is 1. The zero-order valence-electron chi connectivity index (χ0n) is 17.7. The number of hydrogen-bond acceptors (Lipinski definition) is 5. The lowest BCUT2D eigenvalue weighted by atomic mass is 10.0. The molecule has 0 spiro atoms. The topological polar surface area (TPSA) is 59.0 Å². The molecule has 0 radical (unpaired) electrons. The molecule has 2 aliphatic rings. The maximum absolute atomic E-state index is 5.95. The van der Waals surface area contributed by atoms with E-state index in [1.165, 1.54) is 37.6 Å². The molecule has 7 heteroatoms. The van der Waals surface area contributed by atoms with Crippen LogP contribution in [0.2, 0.25) is 0 Å². The Morgan fingerprint density at radius 1 is 1.17 bits per heavy atom. The number of para-hydroxylation sites is 1. The number of nitrogens with one attached hydrogen (secondary N) is 1. The maximum Gasteiger partial charge on any atom is 0.191 e. The van der Waals surface area contributed by atoms with Crippen molar-refractivity contribution in [2.24, 2.45) is 0 Å². The highest BCUT2D eigenvalue weighted by Crippen LogP contribution is 2.32. The fourth-order valence-corrected chi connectivity index (χ4v) is 5.79. The van der Waals surface area contributed by atoms with Crippen LogP contribution >= 0.6 is 11.8 Å². The van der Waals surface area contributed by atoms with Crippen molar-refractivity contribution in [3.05, 3.63) is 30.5 Å². The van der Waals surface area contributed by atoms with Crippen LogP contribution in [0, 0.1) is 0 Å². The summed E-state index contributed by atoms with van der Waals surface area (Å²) in [6, 6.07) is 9.10. The van der Waals surface area contributed by atoms with Gasteiger partial charge in [0.05, 0.1) is 12.6 Å². The largest absolute Gasteiger partial charge is 0.376 e. The minimum absolute atomic E-state index is 0.258. The Hall–Kier alpha value is -1.83. The predicted octanol–water partition coefficient (Wildman–Crippen LogP) is 4.57. The van der Waals surface area contributed by atoms with Crippen LogP contribution < -0.4 is 0 Å². The molecule has 0 bridgehead atoms. The third-order valence-electron chi connectivity index (χ3n) is 6.56. The number of hydrogen-bond donors (Lipinski definition) is 1. The van der Waals surface area contributed by atoms with Crippen molar-refractivity contribution in [1.29, 1.82) is 0 Å². The lowest BCUT2D eigenvalue weighted by Crippen LogP contribution is -2.36. The fraction of sp³-hybridized carbons (Fsp3) is 0.565. The number of aromatic nitrogens is 4. The van der Waals surface area contributed by atoms with Gasteiger partial charge in [0.15, 0.2) is 11.0 Å². The van der Waals surface area contributed by atoms with E-state index in [0.29, 0.717) is 6.04 Å². The predicted molar refractivity (Wildman–Crippen MR) is 122 cm³/mol. The van der Waals surface area contributed by atoms with E-state index in [9.17, 15) is 0 Å². The van der Waals surface area contributed by atoms with Gasteiger partial charge in [0.2, 0.25) is 0 Å². The second-order valence-electron chi connectivity index (χ2n) is 8.57. The van der Waals surface area contributed by atoms with Crippen LogP contribution in [0.1, 0.15) is 38.5 Å². The highest BCUT2D eigenvalue weighted by atomic mass is 32.2. The lowest BCUT2D eigenvalue weighted by molar-refractivity contribution is 0.0953. The zero-order valence-corrected chi connectivity index (χ0v) is 18.5. The normalized spacial score (nSPS) is 22.8. The van der Waals surface area contributed by atoms with Crippen LogP contribution in [-0.2, 0) is 11.3 Å². The minimum Gasteiger partial charge on any atom is -0.376 e. The third-order valence-corrected chi connectivity index (χ3v) is 7.56. The molecule has 2 unspecified atom stereocenters. The SMILES string of the molecule is CN1CCCCC1CCSc1nnc(-c2c[nH]c3ccccc23)n1CC1CCCO1. The molecule has 2 saturated heterocycles. The van der Waals surface area contributed by atoms with Crippen LogP contribution in [0.5, 0.6) is 0 Å². The Balaban J connectivity index is 1.38. The Labute approximate surface area is 182 Å². The number of aromatic amines is 1. The van der Waals surface area contributed by atoms with Gasteiger partial charge in [-0.05, 0) is 51.8 Å². The van der Waals surface area contributed by atoms with Gasteiger partial charge >= 0.3 is 0 Å². The molecular formula is C23H31N5OS. The van der Waals surface area contributed by atoms with Gasteiger partial charge in [-0.3, -0.25) is 4.57 Å². The number of benzene rings is 1. The van der Waals surface area contributed by atoms with Gasteiger partial charge in [0.1, 0.15) is 0 Å². The van der Waals surface area contributed by atoms with E-state index in [1.54, 1.807) is 0 Å². The molecule has 160 valence electrons. The Bertz CT molecular complexity index is 977. The number of thioether (sulfide) groups is 1. The summed E-state index contributed by atoms with van der Waals surface area (Å²) in [5, 5.41) is 11.5. The van der Waals surface area contributed by atoms with E-state index < -0.39 is 0 Å². The first-order valence-corrected chi connectivity index (χ1v) is 12.2. The highest BCUT2D eigenvalue weighted by molar-refractivity contribution is 7.99. The summed E-state index contributed by atoms with van der Waals surface area (Å²) in [7, 11) is 2.27. The Kier molecular flexibility index (Phi) is 6.11. The summed E-state index contributed by atoms with van der Waals surface area (Å²) in [5.41, 5.74) is 2.25. The van der Waals surface area contributed by atoms with Crippen LogP contribution in [0.3, 0.4) is 0 Å². The summed E-state index contributed by atoms with van der Waals surface area (Å²) >= 11 is 1.85. The molecular weight excluding hydrogens is 394 g/mol. The summed E-state index contributed by atoms with van der Waals surface area (Å²) < 4.78 is 8.25. The molecule has 6 nitrogen and oxygen atoms in total. The molecule has 2 fully saturated rings. The van der Waals surface area contributed by atoms with Crippen molar-refractivity contribution < 1.29 is 4.74 Å². The van der Waals surface area contributed by atoms with Gasteiger partial charge in [-0.1, -0.05) is 36.4 Å². The smallest absolute Gasteiger partial charge is 0.191 e. The molecule has 1 aromatic carbocycles.